The van der Waals surface area contributed by atoms with E-state index in [4.69, 9.17) is 4.74 Å². The zero-order chi connectivity index (χ0) is 14.3. The summed E-state index contributed by atoms with van der Waals surface area (Å²) in [4.78, 5) is 23.4. The second-order valence-corrected chi connectivity index (χ2v) is 5.00. The third-order valence-corrected chi connectivity index (χ3v) is 2.36. The fraction of sp³-hybridized carbons (Fsp3) is 0.769. The van der Waals surface area contributed by atoms with E-state index >= 15 is 0 Å². The zero-order valence-electron chi connectivity index (χ0n) is 11.6. The van der Waals surface area contributed by atoms with E-state index in [-0.39, 0.29) is 24.9 Å². The van der Waals surface area contributed by atoms with E-state index in [0.29, 0.717) is 0 Å². The van der Waals surface area contributed by atoms with Crippen molar-refractivity contribution in [3.05, 3.63) is 0 Å². The summed E-state index contributed by atoms with van der Waals surface area (Å²) < 4.78 is 9.63. The van der Waals surface area contributed by atoms with Crippen molar-refractivity contribution in [1.29, 1.82) is 5.26 Å². The minimum Gasteiger partial charge on any atom is -0.468 e. The summed E-state index contributed by atoms with van der Waals surface area (Å²) >= 11 is 0. The molecule has 0 amide bonds. The van der Waals surface area contributed by atoms with Crippen molar-refractivity contribution in [3.8, 4) is 6.07 Å². The van der Waals surface area contributed by atoms with Crippen molar-refractivity contribution in [1.82, 2.24) is 0 Å². The quantitative estimate of drug-likeness (QED) is 0.679. The SMILES string of the molecule is COC(=O)C(C#N)(CC(=O)OC(C)C)CC(C)C. The molecule has 0 aromatic carbocycles. The molecule has 0 aliphatic carbocycles. The standard InChI is InChI=1S/C13H21NO4/c1-9(2)6-13(8-14,12(16)17-5)7-11(15)18-10(3)4/h9-10H,6-7H2,1-5H3. The van der Waals surface area contributed by atoms with Crippen LogP contribution in [0.5, 0.6) is 0 Å². The summed E-state index contributed by atoms with van der Waals surface area (Å²) in [7, 11) is 1.21. The number of rotatable bonds is 6. The van der Waals surface area contributed by atoms with Crippen LogP contribution in [0.2, 0.25) is 0 Å². The van der Waals surface area contributed by atoms with Gasteiger partial charge in [-0.1, -0.05) is 13.8 Å². The van der Waals surface area contributed by atoms with Gasteiger partial charge in [0.05, 0.1) is 25.7 Å². The lowest BCUT2D eigenvalue weighted by molar-refractivity contribution is -0.159. The number of esters is 2. The monoisotopic (exact) mass is 255 g/mol. The van der Waals surface area contributed by atoms with Crippen LogP contribution in [0.3, 0.4) is 0 Å². The van der Waals surface area contributed by atoms with Gasteiger partial charge in [-0.05, 0) is 26.2 Å². The highest BCUT2D eigenvalue weighted by Crippen LogP contribution is 2.32. The molecular weight excluding hydrogens is 234 g/mol. The molecule has 0 rings (SSSR count). The van der Waals surface area contributed by atoms with Gasteiger partial charge in [-0.2, -0.15) is 5.26 Å². The summed E-state index contributed by atoms with van der Waals surface area (Å²) in [6, 6.07) is 1.93. The summed E-state index contributed by atoms with van der Waals surface area (Å²) in [5.41, 5.74) is -1.45. The van der Waals surface area contributed by atoms with E-state index in [1.165, 1.54) is 7.11 Å². The number of nitrogens with zero attached hydrogens (tertiary/aromatic N) is 1. The van der Waals surface area contributed by atoms with Crippen molar-refractivity contribution in [2.75, 3.05) is 7.11 Å². The van der Waals surface area contributed by atoms with Crippen molar-refractivity contribution in [2.45, 2.75) is 46.6 Å². The molecule has 18 heavy (non-hydrogen) atoms. The maximum Gasteiger partial charge on any atom is 0.326 e. The summed E-state index contributed by atoms with van der Waals surface area (Å²) in [6.07, 6.45) is -0.277. The third-order valence-electron chi connectivity index (χ3n) is 2.36. The highest BCUT2D eigenvalue weighted by Gasteiger charge is 2.43. The molecule has 5 nitrogen and oxygen atoms in total. The smallest absolute Gasteiger partial charge is 0.326 e. The lowest BCUT2D eigenvalue weighted by Crippen LogP contribution is -2.35. The minimum atomic E-state index is -1.45. The minimum absolute atomic E-state index is 0.0931. The molecule has 1 unspecified atom stereocenters. The van der Waals surface area contributed by atoms with Crippen molar-refractivity contribution < 1.29 is 19.1 Å². The molecule has 0 heterocycles. The number of methoxy groups -OCH3 is 1. The predicted molar refractivity (Wildman–Crippen MR) is 65.4 cm³/mol. The predicted octanol–water partition coefficient (Wildman–Crippen LogP) is 2.06. The molecule has 0 aromatic rings. The van der Waals surface area contributed by atoms with Crippen LogP contribution in [0.4, 0.5) is 0 Å². The molecule has 0 aliphatic heterocycles. The van der Waals surface area contributed by atoms with Crippen LogP contribution in [0.15, 0.2) is 0 Å². The molecule has 0 aliphatic rings. The summed E-state index contributed by atoms with van der Waals surface area (Å²) in [6.45, 7) is 7.19. The Kier molecular flexibility index (Phi) is 6.39. The van der Waals surface area contributed by atoms with Gasteiger partial charge in [-0.25, -0.2) is 0 Å². The Morgan fingerprint density at radius 1 is 1.28 bits per heavy atom. The molecule has 0 N–H and O–H groups in total. The van der Waals surface area contributed by atoms with Gasteiger partial charge in [0, 0.05) is 0 Å². The molecule has 0 saturated heterocycles. The van der Waals surface area contributed by atoms with Crippen molar-refractivity contribution in [3.63, 3.8) is 0 Å². The van der Waals surface area contributed by atoms with Gasteiger partial charge in [0.15, 0.2) is 5.41 Å². The van der Waals surface area contributed by atoms with Gasteiger partial charge >= 0.3 is 11.9 Å². The van der Waals surface area contributed by atoms with E-state index in [0.717, 1.165) is 0 Å². The van der Waals surface area contributed by atoms with Crippen LogP contribution >= 0.6 is 0 Å². The molecule has 5 heteroatoms. The van der Waals surface area contributed by atoms with Gasteiger partial charge in [0.2, 0.25) is 0 Å². The van der Waals surface area contributed by atoms with E-state index in [2.05, 4.69) is 4.74 Å². The van der Waals surface area contributed by atoms with Crippen LogP contribution in [0, 0.1) is 22.7 Å². The number of carbonyl (C=O) groups is 2. The first kappa shape index (κ1) is 16.4. The number of hydrogen-bond acceptors (Lipinski definition) is 5. The average Bonchev–Trinajstić information content (AvgIpc) is 2.24. The molecule has 0 spiro atoms. The first-order valence-electron chi connectivity index (χ1n) is 5.96. The maximum atomic E-state index is 11.8. The molecule has 0 radical (unpaired) electrons. The molecule has 102 valence electrons. The first-order chi connectivity index (χ1) is 8.27. The number of carbonyl (C=O) groups excluding carboxylic acids is 2. The van der Waals surface area contributed by atoms with Gasteiger partial charge in [0.1, 0.15) is 0 Å². The normalized spacial score (nSPS) is 13.9. The summed E-state index contributed by atoms with van der Waals surface area (Å²) in [5.74, 6) is -1.15. The Balaban J connectivity index is 5.03. The Morgan fingerprint density at radius 3 is 2.17 bits per heavy atom. The molecular formula is C13H21NO4. The third kappa shape index (κ3) is 4.74. The van der Waals surface area contributed by atoms with Gasteiger partial charge in [0.25, 0.3) is 0 Å². The van der Waals surface area contributed by atoms with Crippen molar-refractivity contribution in [2.24, 2.45) is 11.3 Å². The number of hydrogen-bond donors (Lipinski definition) is 0. The van der Waals surface area contributed by atoms with Crippen LogP contribution in [-0.2, 0) is 19.1 Å². The zero-order valence-corrected chi connectivity index (χ0v) is 11.6. The van der Waals surface area contributed by atoms with E-state index < -0.39 is 17.4 Å². The van der Waals surface area contributed by atoms with Gasteiger partial charge in [-0.15, -0.1) is 0 Å². The Bertz CT molecular complexity index is 343. The lowest BCUT2D eigenvalue weighted by atomic mass is 9.78. The second kappa shape index (κ2) is 7.00. The summed E-state index contributed by atoms with van der Waals surface area (Å²) in [5, 5.41) is 9.25. The Labute approximate surface area is 108 Å². The Morgan fingerprint density at radius 2 is 1.83 bits per heavy atom. The van der Waals surface area contributed by atoms with Crippen LogP contribution in [0.1, 0.15) is 40.5 Å². The topological polar surface area (TPSA) is 76.4 Å². The van der Waals surface area contributed by atoms with Crippen LogP contribution in [-0.4, -0.2) is 25.2 Å². The van der Waals surface area contributed by atoms with Gasteiger partial charge in [-0.3, -0.25) is 9.59 Å². The lowest BCUT2D eigenvalue weighted by Gasteiger charge is -2.24. The fourth-order valence-corrected chi connectivity index (χ4v) is 1.80. The van der Waals surface area contributed by atoms with Crippen LogP contribution < -0.4 is 0 Å². The van der Waals surface area contributed by atoms with E-state index in [9.17, 15) is 14.9 Å². The largest absolute Gasteiger partial charge is 0.468 e. The molecule has 1 atom stereocenters. The molecule has 0 bridgehead atoms. The highest BCUT2D eigenvalue weighted by molar-refractivity contribution is 5.86. The molecule has 0 saturated carbocycles. The number of ether oxygens (including phenoxy) is 2. The van der Waals surface area contributed by atoms with Gasteiger partial charge < -0.3 is 9.47 Å². The van der Waals surface area contributed by atoms with E-state index in [1.54, 1.807) is 13.8 Å². The highest BCUT2D eigenvalue weighted by atomic mass is 16.5. The Hall–Kier alpha value is -1.57. The van der Waals surface area contributed by atoms with Crippen LogP contribution in [0.25, 0.3) is 0 Å². The first-order valence-corrected chi connectivity index (χ1v) is 5.96. The van der Waals surface area contributed by atoms with Crippen molar-refractivity contribution >= 4 is 11.9 Å². The molecule has 0 aromatic heterocycles. The molecule has 0 fully saturated rings. The fourth-order valence-electron chi connectivity index (χ4n) is 1.80. The number of nitriles is 1. The van der Waals surface area contributed by atoms with E-state index in [1.807, 2.05) is 19.9 Å². The maximum absolute atomic E-state index is 11.8. The second-order valence-electron chi connectivity index (χ2n) is 5.00. The average molecular weight is 255 g/mol.